The first-order valence-corrected chi connectivity index (χ1v) is 13.5. The number of benzene rings is 3. The van der Waals surface area contributed by atoms with Gasteiger partial charge in [0.1, 0.15) is 0 Å². The second-order valence-electron chi connectivity index (χ2n) is 10.2. The number of anilines is 2. The van der Waals surface area contributed by atoms with Gasteiger partial charge in [-0.25, -0.2) is 5.01 Å². The molecule has 3 aromatic carbocycles. The summed E-state index contributed by atoms with van der Waals surface area (Å²) >= 11 is 3.48. The fourth-order valence-electron chi connectivity index (χ4n) is 5.27. The Morgan fingerprint density at radius 3 is 2.08 bits per heavy atom. The van der Waals surface area contributed by atoms with Crippen molar-refractivity contribution in [2.45, 2.75) is 25.3 Å². The molecule has 2 atom stereocenters. The minimum absolute atomic E-state index is 0.0641. The highest BCUT2D eigenvalue weighted by Crippen LogP contribution is 2.45. The Morgan fingerprint density at radius 1 is 0.892 bits per heavy atom. The molecule has 5 rings (SSSR count). The Balaban J connectivity index is 1.54. The minimum Gasteiger partial charge on any atom is -0.378 e. The predicted molar refractivity (Wildman–Crippen MR) is 157 cm³/mol. The smallest absolute Gasteiger partial charge is 0.274 e. The van der Waals surface area contributed by atoms with Crippen LogP contribution in [0, 0.1) is 5.92 Å². The number of rotatable bonds is 5. The molecule has 1 amide bonds. The van der Waals surface area contributed by atoms with Crippen molar-refractivity contribution in [3.63, 3.8) is 0 Å². The highest BCUT2D eigenvalue weighted by atomic mass is 79.9. The molecule has 1 fully saturated rings. The summed E-state index contributed by atoms with van der Waals surface area (Å²) in [6.45, 7) is 0. The van der Waals surface area contributed by atoms with Crippen molar-refractivity contribution in [1.82, 2.24) is 5.01 Å². The lowest BCUT2D eigenvalue weighted by atomic mass is 9.77. The number of amides is 1. The number of allylic oxidation sites excluding steroid dienone is 1. The van der Waals surface area contributed by atoms with Crippen molar-refractivity contribution in [1.29, 1.82) is 0 Å². The van der Waals surface area contributed by atoms with Crippen LogP contribution in [0.15, 0.2) is 87.9 Å². The van der Waals surface area contributed by atoms with Crippen molar-refractivity contribution < 1.29 is 4.79 Å². The Kier molecular flexibility index (Phi) is 7.20. The molecule has 0 bridgehead atoms. The lowest BCUT2D eigenvalue weighted by molar-refractivity contribution is 0.0681. The van der Waals surface area contributed by atoms with Gasteiger partial charge in [0.15, 0.2) is 0 Å². The van der Waals surface area contributed by atoms with Gasteiger partial charge < -0.3 is 9.80 Å². The van der Waals surface area contributed by atoms with E-state index in [-0.39, 0.29) is 17.9 Å². The van der Waals surface area contributed by atoms with Gasteiger partial charge in [-0.15, -0.1) is 0 Å². The SMILES string of the molecule is CN(C)c1ccc(/C=C2/CCC[C@H]3C2=NN(C(=O)c2ccc(Br)cc2)[C@@H]3c2ccc(N(C)C)cc2)cc1. The van der Waals surface area contributed by atoms with E-state index < -0.39 is 0 Å². The van der Waals surface area contributed by atoms with Crippen molar-refractivity contribution >= 4 is 45.0 Å². The minimum atomic E-state index is -0.123. The zero-order valence-electron chi connectivity index (χ0n) is 21.9. The molecule has 3 aromatic rings. The van der Waals surface area contributed by atoms with E-state index in [1.54, 1.807) is 5.01 Å². The van der Waals surface area contributed by atoms with Crippen LogP contribution in [0.1, 0.15) is 46.8 Å². The van der Waals surface area contributed by atoms with Crippen LogP contribution in [0.2, 0.25) is 0 Å². The molecule has 5 nitrogen and oxygen atoms in total. The van der Waals surface area contributed by atoms with E-state index in [2.05, 4.69) is 94.4 Å². The van der Waals surface area contributed by atoms with E-state index >= 15 is 0 Å². The number of nitrogens with zero attached hydrogens (tertiary/aromatic N) is 4. The highest BCUT2D eigenvalue weighted by molar-refractivity contribution is 9.10. The van der Waals surface area contributed by atoms with Crippen LogP contribution in [-0.4, -0.2) is 44.8 Å². The van der Waals surface area contributed by atoms with Gasteiger partial charge in [0.25, 0.3) is 5.91 Å². The molecule has 2 aliphatic rings. The normalized spacial score (nSPS) is 20.0. The fraction of sp³-hybridized carbons (Fsp3) is 0.290. The lowest BCUT2D eigenvalue weighted by Gasteiger charge is -2.30. The van der Waals surface area contributed by atoms with Crippen molar-refractivity contribution in [3.05, 3.63) is 99.5 Å². The Morgan fingerprint density at radius 2 is 1.49 bits per heavy atom. The maximum Gasteiger partial charge on any atom is 0.274 e. The van der Waals surface area contributed by atoms with Crippen LogP contribution >= 0.6 is 15.9 Å². The summed E-state index contributed by atoms with van der Waals surface area (Å²) in [6.07, 6.45) is 5.32. The van der Waals surface area contributed by atoms with E-state index in [9.17, 15) is 4.79 Å². The molecule has 0 spiro atoms. The summed E-state index contributed by atoms with van der Waals surface area (Å²) < 4.78 is 0.951. The zero-order valence-corrected chi connectivity index (χ0v) is 23.4. The molecule has 190 valence electrons. The fourth-order valence-corrected chi connectivity index (χ4v) is 5.53. The Labute approximate surface area is 228 Å². The molecule has 1 aliphatic carbocycles. The van der Waals surface area contributed by atoms with E-state index in [4.69, 9.17) is 5.10 Å². The number of fused-ring (bicyclic) bond motifs is 1. The van der Waals surface area contributed by atoms with E-state index in [0.29, 0.717) is 5.56 Å². The number of hydrogen-bond acceptors (Lipinski definition) is 4. The van der Waals surface area contributed by atoms with Crippen LogP contribution in [0.5, 0.6) is 0 Å². The monoisotopic (exact) mass is 556 g/mol. The molecule has 0 radical (unpaired) electrons. The largest absolute Gasteiger partial charge is 0.378 e. The third-order valence-electron chi connectivity index (χ3n) is 7.30. The standard InChI is InChI=1S/C31H33BrN4O/c1-34(2)26-16-8-21(9-17-26)20-24-6-5-7-28-29(24)33-36(31(37)23-10-14-25(32)15-11-23)30(28)22-12-18-27(19-13-22)35(3)4/h8-20,28,30H,5-7H2,1-4H3/b24-20-/t28-,30+/m0/s1. The maximum atomic E-state index is 13.8. The molecule has 0 aromatic heterocycles. The molecule has 0 saturated heterocycles. The van der Waals surface area contributed by atoms with E-state index in [1.807, 2.05) is 38.4 Å². The summed E-state index contributed by atoms with van der Waals surface area (Å²) in [5.74, 6) is 0.108. The zero-order chi connectivity index (χ0) is 26.1. The molecular weight excluding hydrogens is 524 g/mol. The van der Waals surface area contributed by atoms with Crippen LogP contribution < -0.4 is 9.80 Å². The third-order valence-corrected chi connectivity index (χ3v) is 7.83. The highest BCUT2D eigenvalue weighted by Gasteiger charge is 2.43. The number of carbonyl (C=O) groups is 1. The molecule has 1 aliphatic heterocycles. The molecule has 6 heteroatoms. The van der Waals surface area contributed by atoms with Gasteiger partial charge in [-0.1, -0.05) is 40.2 Å². The molecule has 1 saturated carbocycles. The second kappa shape index (κ2) is 10.5. The Hall–Kier alpha value is -3.38. The topological polar surface area (TPSA) is 39.1 Å². The lowest BCUT2D eigenvalue weighted by Crippen LogP contribution is -2.32. The molecule has 37 heavy (non-hydrogen) atoms. The molecular formula is C31H33BrN4O. The van der Waals surface area contributed by atoms with Gasteiger partial charge in [-0.2, -0.15) is 5.10 Å². The quantitative estimate of drug-likeness (QED) is 0.339. The van der Waals surface area contributed by atoms with E-state index in [1.165, 1.54) is 11.3 Å². The molecule has 0 N–H and O–H groups in total. The number of hydrazone groups is 1. The van der Waals surface area contributed by atoms with Gasteiger partial charge in [0.05, 0.1) is 11.8 Å². The van der Waals surface area contributed by atoms with Crippen molar-refractivity contribution in [3.8, 4) is 0 Å². The van der Waals surface area contributed by atoms with Gasteiger partial charge in [-0.05, 0) is 90.6 Å². The number of carbonyl (C=O) groups excluding carboxylic acids is 1. The number of halogens is 1. The average molecular weight is 558 g/mol. The first-order chi connectivity index (χ1) is 17.8. The first kappa shape index (κ1) is 25.3. The first-order valence-electron chi connectivity index (χ1n) is 12.7. The molecule has 1 heterocycles. The van der Waals surface area contributed by atoms with Gasteiger partial charge >= 0.3 is 0 Å². The van der Waals surface area contributed by atoms with Crippen LogP contribution in [0.4, 0.5) is 11.4 Å². The van der Waals surface area contributed by atoms with Gasteiger partial charge in [-0.3, -0.25) is 4.79 Å². The Bertz CT molecular complexity index is 1330. The summed E-state index contributed by atoms with van der Waals surface area (Å²) in [6, 6.07) is 24.6. The predicted octanol–water partition coefficient (Wildman–Crippen LogP) is 7.02. The summed E-state index contributed by atoms with van der Waals surface area (Å²) in [5, 5.41) is 6.79. The summed E-state index contributed by atoms with van der Waals surface area (Å²) in [7, 11) is 8.18. The maximum absolute atomic E-state index is 13.8. The van der Waals surface area contributed by atoms with E-state index in [0.717, 1.165) is 46.3 Å². The summed E-state index contributed by atoms with van der Waals surface area (Å²) in [4.78, 5) is 18.0. The number of hydrogen-bond donors (Lipinski definition) is 0. The van der Waals surface area contributed by atoms with Crippen LogP contribution in [-0.2, 0) is 0 Å². The van der Waals surface area contributed by atoms with Crippen molar-refractivity contribution in [2.24, 2.45) is 11.0 Å². The molecule has 0 unspecified atom stereocenters. The van der Waals surface area contributed by atoms with Crippen LogP contribution in [0.25, 0.3) is 6.08 Å². The van der Waals surface area contributed by atoms with Crippen LogP contribution in [0.3, 0.4) is 0 Å². The van der Waals surface area contributed by atoms with Gasteiger partial charge in [0, 0.05) is 55.5 Å². The van der Waals surface area contributed by atoms with Gasteiger partial charge in [0.2, 0.25) is 0 Å². The second-order valence-corrected chi connectivity index (χ2v) is 11.1. The average Bonchev–Trinajstić information content (AvgIpc) is 3.30. The summed E-state index contributed by atoms with van der Waals surface area (Å²) in [5.41, 5.74) is 7.52. The third kappa shape index (κ3) is 5.21. The van der Waals surface area contributed by atoms with Crippen molar-refractivity contribution in [2.75, 3.05) is 38.0 Å².